The largest absolute Gasteiger partial charge is 0.313 e. The highest BCUT2D eigenvalue weighted by Crippen LogP contribution is 2.35. The maximum Gasteiger partial charge on any atom is 0.0943 e. The van der Waals surface area contributed by atoms with Crippen LogP contribution in [0.5, 0.6) is 0 Å². The van der Waals surface area contributed by atoms with Crippen LogP contribution in [0.1, 0.15) is 41.2 Å². The number of fused-ring (bicyclic) bond motifs is 1. The van der Waals surface area contributed by atoms with Gasteiger partial charge in [0.2, 0.25) is 0 Å². The zero-order valence-electron chi connectivity index (χ0n) is 12.1. The van der Waals surface area contributed by atoms with Crippen molar-refractivity contribution in [2.45, 2.75) is 45.1 Å². The Bertz CT molecular complexity index is 579. The van der Waals surface area contributed by atoms with Crippen LogP contribution in [-0.4, -0.2) is 22.6 Å². The summed E-state index contributed by atoms with van der Waals surface area (Å²) in [5, 5.41) is 7.02. The minimum atomic E-state index is 0.446. The second-order valence-corrected chi connectivity index (χ2v) is 6.39. The van der Waals surface area contributed by atoms with E-state index < -0.39 is 0 Å². The van der Waals surface area contributed by atoms with Gasteiger partial charge in [0, 0.05) is 41.3 Å². The number of hydrogen-bond donors (Lipinski definition) is 1. The molecule has 2 atom stereocenters. The summed E-state index contributed by atoms with van der Waals surface area (Å²) in [4.78, 5) is 9.25. The van der Waals surface area contributed by atoms with E-state index in [1.165, 1.54) is 22.7 Å². The van der Waals surface area contributed by atoms with Crippen LogP contribution >= 0.6 is 11.3 Å². The fourth-order valence-electron chi connectivity index (χ4n) is 3.14. The topological polar surface area (TPSA) is 37.8 Å². The first-order valence-electron chi connectivity index (χ1n) is 7.36. The van der Waals surface area contributed by atoms with E-state index in [-0.39, 0.29) is 0 Å². The lowest BCUT2D eigenvalue weighted by molar-refractivity contribution is 0.429. The molecule has 2 aromatic heterocycles. The maximum absolute atomic E-state index is 4.63. The van der Waals surface area contributed by atoms with E-state index >= 15 is 0 Å². The summed E-state index contributed by atoms with van der Waals surface area (Å²) >= 11 is 1.77. The lowest BCUT2D eigenvalue weighted by Gasteiger charge is -2.23. The molecule has 3 nitrogen and oxygen atoms in total. The van der Waals surface area contributed by atoms with E-state index in [4.69, 9.17) is 0 Å². The van der Waals surface area contributed by atoms with E-state index in [9.17, 15) is 0 Å². The lowest BCUT2D eigenvalue weighted by atomic mass is 9.94. The molecular formula is C16H21N3S. The molecule has 1 aliphatic rings. The summed E-state index contributed by atoms with van der Waals surface area (Å²) in [6, 6.07) is 4.72. The third-order valence-electron chi connectivity index (χ3n) is 4.02. The van der Waals surface area contributed by atoms with Gasteiger partial charge in [-0.15, -0.1) is 11.3 Å². The van der Waals surface area contributed by atoms with Gasteiger partial charge in [-0.3, -0.25) is 4.98 Å². The van der Waals surface area contributed by atoms with Crippen molar-refractivity contribution >= 4 is 11.3 Å². The Hall–Kier alpha value is -1.26. The molecule has 0 fully saturated rings. The quantitative estimate of drug-likeness (QED) is 0.918. The molecule has 2 heterocycles. The molecule has 0 radical (unpaired) electrons. The summed E-state index contributed by atoms with van der Waals surface area (Å²) in [6.45, 7) is 5.23. The van der Waals surface area contributed by atoms with Crippen molar-refractivity contribution < 1.29 is 0 Å². The molecule has 3 rings (SSSR count). The fraction of sp³-hybridized carbons (Fsp3) is 0.500. The highest BCUT2D eigenvalue weighted by atomic mass is 32.1. The molecule has 1 N–H and O–H groups in total. The van der Waals surface area contributed by atoms with Crippen LogP contribution in [0.3, 0.4) is 0 Å². The normalized spacial score (nSPS) is 19.0. The van der Waals surface area contributed by atoms with Gasteiger partial charge in [-0.25, -0.2) is 4.98 Å². The third-order valence-corrected chi connectivity index (χ3v) is 5.00. The highest BCUT2D eigenvalue weighted by Gasteiger charge is 2.31. The molecule has 0 aliphatic heterocycles. The number of likely N-dealkylation sites (N-methyl/N-ethyl adjacent to an activating group) is 1. The monoisotopic (exact) mass is 287 g/mol. The predicted octanol–water partition coefficient (Wildman–Crippen LogP) is 3.10. The first-order valence-corrected chi connectivity index (χ1v) is 8.24. The summed E-state index contributed by atoms with van der Waals surface area (Å²) in [7, 11) is 0. The molecule has 2 aromatic rings. The van der Waals surface area contributed by atoms with Gasteiger partial charge in [0.15, 0.2) is 0 Å². The van der Waals surface area contributed by atoms with Crippen LogP contribution in [0.15, 0.2) is 23.7 Å². The summed E-state index contributed by atoms with van der Waals surface area (Å²) in [5.74, 6) is 0.523. The Labute approximate surface area is 124 Å². The predicted molar refractivity (Wildman–Crippen MR) is 83.3 cm³/mol. The average molecular weight is 287 g/mol. The summed E-state index contributed by atoms with van der Waals surface area (Å²) in [5.41, 5.74) is 3.85. The van der Waals surface area contributed by atoms with Crippen LogP contribution < -0.4 is 5.32 Å². The smallest absolute Gasteiger partial charge is 0.0943 e. The number of nitrogens with one attached hydrogen (secondary N) is 1. The number of pyridine rings is 1. The van der Waals surface area contributed by atoms with Gasteiger partial charge in [0.05, 0.1) is 5.01 Å². The Morgan fingerprint density at radius 1 is 1.50 bits per heavy atom. The Morgan fingerprint density at radius 2 is 2.40 bits per heavy atom. The number of hydrogen-bond acceptors (Lipinski definition) is 4. The molecule has 106 valence electrons. The van der Waals surface area contributed by atoms with Gasteiger partial charge in [0.25, 0.3) is 0 Å². The van der Waals surface area contributed by atoms with Crippen LogP contribution in [0.4, 0.5) is 0 Å². The van der Waals surface area contributed by atoms with Gasteiger partial charge in [0.1, 0.15) is 0 Å². The summed E-state index contributed by atoms with van der Waals surface area (Å²) < 4.78 is 0. The van der Waals surface area contributed by atoms with Crippen molar-refractivity contribution in [3.8, 4) is 0 Å². The van der Waals surface area contributed by atoms with E-state index in [1.54, 1.807) is 11.3 Å². The van der Waals surface area contributed by atoms with Gasteiger partial charge in [-0.05, 0) is 37.9 Å². The van der Waals surface area contributed by atoms with Gasteiger partial charge in [-0.1, -0.05) is 13.0 Å². The Morgan fingerprint density at radius 3 is 3.15 bits per heavy atom. The molecular weight excluding hydrogens is 266 g/mol. The molecule has 0 saturated carbocycles. The Kier molecular flexibility index (Phi) is 4.13. The van der Waals surface area contributed by atoms with Crippen molar-refractivity contribution in [3.05, 3.63) is 45.7 Å². The number of aryl methyl sites for hydroxylation is 2. The van der Waals surface area contributed by atoms with Crippen molar-refractivity contribution in [2.24, 2.45) is 0 Å². The van der Waals surface area contributed by atoms with Gasteiger partial charge >= 0.3 is 0 Å². The van der Waals surface area contributed by atoms with E-state index in [1.807, 2.05) is 12.3 Å². The third kappa shape index (κ3) is 2.76. The number of aromatic nitrogens is 2. The molecule has 20 heavy (non-hydrogen) atoms. The summed E-state index contributed by atoms with van der Waals surface area (Å²) in [6.07, 6.45) is 5.29. The second kappa shape index (κ2) is 6.02. The fourth-order valence-corrected chi connectivity index (χ4v) is 3.97. The van der Waals surface area contributed by atoms with Crippen LogP contribution in [0.25, 0.3) is 0 Å². The van der Waals surface area contributed by atoms with Crippen molar-refractivity contribution in [3.63, 3.8) is 0 Å². The molecule has 4 heteroatoms. The second-order valence-electron chi connectivity index (χ2n) is 5.44. The maximum atomic E-state index is 4.63. The zero-order chi connectivity index (χ0) is 13.9. The first-order chi connectivity index (χ1) is 9.78. The number of rotatable bonds is 5. The highest BCUT2D eigenvalue weighted by molar-refractivity contribution is 7.09. The van der Waals surface area contributed by atoms with E-state index in [2.05, 4.69) is 40.6 Å². The minimum absolute atomic E-state index is 0.446. The number of thiazole rings is 1. The van der Waals surface area contributed by atoms with Crippen LogP contribution in [0.2, 0.25) is 0 Å². The minimum Gasteiger partial charge on any atom is -0.313 e. The molecule has 0 bridgehead atoms. The van der Waals surface area contributed by atoms with E-state index in [0.717, 1.165) is 25.1 Å². The Balaban J connectivity index is 1.81. The van der Waals surface area contributed by atoms with Gasteiger partial charge < -0.3 is 5.32 Å². The van der Waals surface area contributed by atoms with Crippen molar-refractivity contribution in [2.75, 3.05) is 6.54 Å². The zero-order valence-corrected chi connectivity index (χ0v) is 12.9. The molecule has 2 unspecified atom stereocenters. The van der Waals surface area contributed by atoms with Crippen molar-refractivity contribution in [1.82, 2.24) is 15.3 Å². The first kappa shape index (κ1) is 13.7. The van der Waals surface area contributed by atoms with Crippen LogP contribution in [0, 0.1) is 6.92 Å². The van der Waals surface area contributed by atoms with Gasteiger partial charge in [-0.2, -0.15) is 0 Å². The molecule has 0 aromatic carbocycles. The van der Waals surface area contributed by atoms with Crippen molar-refractivity contribution in [1.29, 1.82) is 0 Å². The molecule has 1 aliphatic carbocycles. The molecule has 0 spiro atoms. The average Bonchev–Trinajstić information content (AvgIpc) is 3.04. The van der Waals surface area contributed by atoms with Crippen LogP contribution in [-0.2, 0) is 12.8 Å². The lowest BCUT2D eigenvalue weighted by Crippen LogP contribution is -2.36. The molecule has 0 amide bonds. The standard InChI is InChI=1S/C16H21N3S/c1-3-17-14(9-15-19-11(2)10-20-15)13-7-6-12-5-4-8-18-16(12)13/h4-5,8,10,13-14,17H,3,6-7,9H2,1-2H3. The van der Waals surface area contributed by atoms with E-state index in [0.29, 0.717) is 12.0 Å². The number of nitrogens with zero attached hydrogens (tertiary/aromatic N) is 2. The molecule has 0 saturated heterocycles. The SMILES string of the molecule is CCNC(Cc1nc(C)cs1)C1CCc2cccnc21.